The number of hydrogen-bond acceptors (Lipinski definition) is 4. The maximum atomic E-state index is 5.78. The summed E-state index contributed by atoms with van der Waals surface area (Å²) in [5.41, 5.74) is 6.35. The van der Waals surface area contributed by atoms with Gasteiger partial charge in [0.1, 0.15) is 5.82 Å². The van der Waals surface area contributed by atoms with E-state index in [1.807, 2.05) is 0 Å². The lowest BCUT2D eigenvalue weighted by Crippen LogP contribution is -2.03. The standard InChI is InChI=1S/C11H12ClN3S/c1-7-2-3-9(16-7)6-15-11-10(13)4-8(12)5-14-11/h2-5H,6,13H2,1H3,(H,14,15). The molecule has 0 amide bonds. The molecule has 16 heavy (non-hydrogen) atoms. The molecule has 0 fully saturated rings. The van der Waals surface area contributed by atoms with E-state index in [2.05, 4.69) is 29.4 Å². The van der Waals surface area contributed by atoms with Gasteiger partial charge in [-0.25, -0.2) is 4.98 Å². The minimum Gasteiger partial charge on any atom is -0.396 e. The Labute approximate surface area is 103 Å². The lowest BCUT2D eigenvalue weighted by Gasteiger charge is -2.06. The minimum absolute atomic E-state index is 0.551. The molecule has 3 nitrogen and oxygen atoms in total. The monoisotopic (exact) mass is 253 g/mol. The van der Waals surface area contributed by atoms with Crippen LogP contribution in [0.3, 0.4) is 0 Å². The Morgan fingerprint density at radius 1 is 1.50 bits per heavy atom. The Bertz CT molecular complexity index is 496. The molecule has 2 heterocycles. The summed E-state index contributed by atoms with van der Waals surface area (Å²) in [6, 6.07) is 5.88. The van der Waals surface area contributed by atoms with Crippen molar-refractivity contribution >= 4 is 34.4 Å². The van der Waals surface area contributed by atoms with Gasteiger partial charge < -0.3 is 11.1 Å². The van der Waals surface area contributed by atoms with Crippen molar-refractivity contribution in [3.05, 3.63) is 39.2 Å². The molecule has 0 aliphatic rings. The average Bonchev–Trinajstić information content (AvgIpc) is 2.63. The number of halogens is 1. The smallest absolute Gasteiger partial charge is 0.149 e. The van der Waals surface area contributed by atoms with Gasteiger partial charge in [0.25, 0.3) is 0 Å². The maximum Gasteiger partial charge on any atom is 0.149 e. The number of anilines is 2. The first kappa shape index (κ1) is 11.2. The Hall–Kier alpha value is -1.26. The van der Waals surface area contributed by atoms with Crippen molar-refractivity contribution in [2.75, 3.05) is 11.1 Å². The van der Waals surface area contributed by atoms with Gasteiger partial charge in [-0.3, -0.25) is 0 Å². The molecule has 0 aromatic carbocycles. The van der Waals surface area contributed by atoms with Gasteiger partial charge in [-0.05, 0) is 25.1 Å². The molecule has 5 heteroatoms. The van der Waals surface area contributed by atoms with E-state index in [1.165, 1.54) is 9.75 Å². The van der Waals surface area contributed by atoms with Crippen LogP contribution in [0.2, 0.25) is 5.02 Å². The summed E-state index contributed by atoms with van der Waals surface area (Å²) in [7, 11) is 0. The van der Waals surface area contributed by atoms with E-state index in [-0.39, 0.29) is 0 Å². The van der Waals surface area contributed by atoms with Crippen molar-refractivity contribution in [2.45, 2.75) is 13.5 Å². The Morgan fingerprint density at radius 3 is 2.94 bits per heavy atom. The highest BCUT2D eigenvalue weighted by Crippen LogP contribution is 2.21. The molecule has 2 aromatic heterocycles. The quantitative estimate of drug-likeness (QED) is 0.883. The fourth-order valence-electron chi connectivity index (χ4n) is 1.35. The zero-order valence-electron chi connectivity index (χ0n) is 8.83. The number of pyridine rings is 1. The predicted molar refractivity (Wildman–Crippen MR) is 70.0 cm³/mol. The third-order valence-electron chi connectivity index (χ3n) is 2.11. The SMILES string of the molecule is Cc1ccc(CNc2ncc(Cl)cc2N)s1. The summed E-state index contributed by atoms with van der Waals surface area (Å²) in [6.45, 7) is 2.82. The van der Waals surface area contributed by atoms with E-state index in [9.17, 15) is 0 Å². The van der Waals surface area contributed by atoms with Gasteiger partial charge in [0.2, 0.25) is 0 Å². The van der Waals surface area contributed by atoms with E-state index in [0.29, 0.717) is 16.5 Å². The number of nitrogens with one attached hydrogen (secondary N) is 1. The molecule has 0 saturated heterocycles. The summed E-state index contributed by atoms with van der Waals surface area (Å²) >= 11 is 7.53. The van der Waals surface area contributed by atoms with E-state index in [0.717, 1.165) is 6.54 Å². The molecule has 2 rings (SSSR count). The van der Waals surface area contributed by atoms with Crippen molar-refractivity contribution in [3.8, 4) is 0 Å². The normalized spacial score (nSPS) is 10.4. The van der Waals surface area contributed by atoms with Crippen molar-refractivity contribution in [3.63, 3.8) is 0 Å². The van der Waals surface area contributed by atoms with Gasteiger partial charge in [0.05, 0.1) is 17.3 Å². The Balaban J connectivity index is 2.04. The third kappa shape index (κ3) is 2.65. The summed E-state index contributed by atoms with van der Waals surface area (Å²) in [6.07, 6.45) is 1.58. The second kappa shape index (κ2) is 4.72. The van der Waals surface area contributed by atoms with Crippen LogP contribution >= 0.6 is 22.9 Å². The summed E-state index contributed by atoms with van der Waals surface area (Å²) in [4.78, 5) is 6.69. The third-order valence-corrected chi connectivity index (χ3v) is 3.32. The van der Waals surface area contributed by atoms with Crippen molar-refractivity contribution in [1.29, 1.82) is 0 Å². The summed E-state index contributed by atoms with van der Waals surface area (Å²) in [5, 5.41) is 3.74. The van der Waals surface area contributed by atoms with E-state index < -0.39 is 0 Å². The largest absolute Gasteiger partial charge is 0.396 e. The second-order valence-corrected chi connectivity index (χ2v) is 5.27. The van der Waals surface area contributed by atoms with Gasteiger partial charge in [0.15, 0.2) is 0 Å². The number of hydrogen-bond donors (Lipinski definition) is 2. The Morgan fingerprint density at radius 2 is 2.31 bits per heavy atom. The van der Waals surface area contributed by atoms with Crippen molar-refractivity contribution < 1.29 is 0 Å². The fraction of sp³-hybridized carbons (Fsp3) is 0.182. The zero-order valence-corrected chi connectivity index (χ0v) is 10.4. The van der Waals surface area contributed by atoms with Gasteiger partial charge in [-0.1, -0.05) is 11.6 Å². The van der Waals surface area contributed by atoms with Gasteiger partial charge in [0, 0.05) is 16.0 Å². The highest BCUT2D eigenvalue weighted by molar-refractivity contribution is 7.11. The van der Waals surface area contributed by atoms with Crippen LogP contribution in [0.15, 0.2) is 24.4 Å². The zero-order chi connectivity index (χ0) is 11.5. The number of aromatic nitrogens is 1. The molecular formula is C11H12ClN3S. The van der Waals surface area contributed by atoms with E-state index >= 15 is 0 Å². The number of aryl methyl sites for hydroxylation is 1. The molecule has 3 N–H and O–H groups in total. The molecule has 0 atom stereocenters. The average molecular weight is 254 g/mol. The predicted octanol–water partition coefficient (Wildman–Crippen LogP) is 3.30. The van der Waals surface area contributed by atoms with Crippen LogP contribution in [-0.2, 0) is 6.54 Å². The summed E-state index contributed by atoms with van der Waals surface area (Å²) in [5.74, 6) is 0.676. The van der Waals surface area contributed by atoms with Crippen LogP contribution in [-0.4, -0.2) is 4.98 Å². The lowest BCUT2D eigenvalue weighted by atomic mass is 10.4. The number of nitrogens with two attached hydrogens (primary N) is 1. The first-order valence-corrected chi connectivity index (χ1v) is 6.05. The van der Waals surface area contributed by atoms with Crippen LogP contribution in [0.4, 0.5) is 11.5 Å². The van der Waals surface area contributed by atoms with Crippen LogP contribution in [0.25, 0.3) is 0 Å². The Kier molecular flexibility index (Phi) is 3.31. The topological polar surface area (TPSA) is 50.9 Å². The maximum absolute atomic E-state index is 5.78. The first-order valence-electron chi connectivity index (χ1n) is 4.85. The lowest BCUT2D eigenvalue weighted by molar-refractivity contribution is 1.14. The number of thiophene rings is 1. The van der Waals surface area contributed by atoms with Crippen LogP contribution < -0.4 is 11.1 Å². The molecule has 0 aliphatic carbocycles. The molecule has 0 radical (unpaired) electrons. The molecule has 0 spiro atoms. The fourth-order valence-corrected chi connectivity index (χ4v) is 2.35. The second-order valence-electron chi connectivity index (χ2n) is 3.46. The van der Waals surface area contributed by atoms with Crippen molar-refractivity contribution in [1.82, 2.24) is 4.98 Å². The minimum atomic E-state index is 0.551. The van der Waals surface area contributed by atoms with E-state index in [1.54, 1.807) is 23.6 Å². The molecule has 0 bridgehead atoms. The molecule has 0 aliphatic heterocycles. The highest BCUT2D eigenvalue weighted by Gasteiger charge is 2.02. The number of nitrogen functional groups attached to an aromatic ring is 1. The molecule has 0 unspecified atom stereocenters. The van der Waals surface area contributed by atoms with Crippen LogP contribution in [0.5, 0.6) is 0 Å². The van der Waals surface area contributed by atoms with Crippen LogP contribution in [0.1, 0.15) is 9.75 Å². The summed E-state index contributed by atoms with van der Waals surface area (Å²) < 4.78 is 0. The van der Waals surface area contributed by atoms with Crippen LogP contribution in [0, 0.1) is 6.92 Å². The molecule has 2 aromatic rings. The van der Waals surface area contributed by atoms with Gasteiger partial charge in [-0.2, -0.15) is 0 Å². The number of rotatable bonds is 3. The highest BCUT2D eigenvalue weighted by atomic mass is 35.5. The van der Waals surface area contributed by atoms with Crippen molar-refractivity contribution in [2.24, 2.45) is 0 Å². The molecule has 0 saturated carbocycles. The molecular weight excluding hydrogens is 242 g/mol. The van der Waals surface area contributed by atoms with E-state index in [4.69, 9.17) is 17.3 Å². The number of nitrogens with zero attached hydrogens (tertiary/aromatic N) is 1. The molecule has 84 valence electrons. The first-order chi connectivity index (χ1) is 7.65. The van der Waals surface area contributed by atoms with Gasteiger partial charge >= 0.3 is 0 Å². The van der Waals surface area contributed by atoms with Gasteiger partial charge in [-0.15, -0.1) is 11.3 Å².